The average Bonchev–Trinajstić information content (AvgIpc) is 2.30. The Morgan fingerprint density at radius 1 is 1.59 bits per heavy atom. The summed E-state index contributed by atoms with van der Waals surface area (Å²) in [6.45, 7) is 6.92. The number of thioether (sulfide) groups is 1. The number of allylic oxidation sites excluding steroid dienone is 1. The quantitative estimate of drug-likeness (QED) is 0.556. The average molecular weight is 256 g/mol. The van der Waals surface area contributed by atoms with Crippen LogP contribution < -0.4 is 0 Å². The van der Waals surface area contributed by atoms with E-state index in [-0.39, 0.29) is 5.97 Å². The van der Waals surface area contributed by atoms with Crippen molar-refractivity contribution in [3.8, 4) is 0 Å². The Morgan fingerprint density at radius 3 is 2.82 bits per heavy atom. The predicted molar refractivity (Wildman–Crippen MR) is 74.2 cm³/mol. The summed E-state index contributed by atoms with van der Waals surface area (Å²) in [7, 11) is 1.44. The second kappa shape index (κ2) is 7.10. The van der Waals surface area contributed by atoms with Crippen molar-refractivity contribution in [1.82, 2.24) is 0 Å². The Hall–Kier alpha value is -0.440. The second-order valence-electron chi connectivity index (χ2n) is 5.22. The molecule has 3 heteroatoms. The van der Waals surface area contributed by atoms with E-state index < -0.39 is 0 Å². The van der Waals surface area contributed by atoms with Crippen molar-refractivity contribution < 1.29 is 9.53 Å². The number of methoxy groups -OCH3 is 1. The number of hydrogen-bond donors (Lipinski definition) is 0. The fourth-order valence-corrected chi connectivity index (χ4v) is 3.29. The summed E-state index contributed by atoms with van der Waals surface area (Å²) in [6, 6.07) is 0. The SMILES string of the molecule is COC(=O)CSCC1=CC[C@@H](C(C)C)C[C@@H]1C. The Morgan fingerprint density at radius 2 is 2.29 bits per heavy atom. The van der Waals surface area contributed by atoms with Gasteiger partial charge in [0, 0.05) is 5.75 Å². The number of hydrogen-bond acceptors (Lipinski definition) is 3. The fraction of sp³-hybridized carbons (Fsp3) is 0.786. The fourth-order valence-electron chi connectivity index (χ4n) is 2.26. The highest BCUT2D eigenvalue weighted by atomic mass is 32.2. The molecule has 0 N–H and O–H groups in total. The number of carbonyl (C=O) groups excluding carboxylic acids is 1. The lowest BCUT2D eigenvalue weighted by molar-refractivity contribution is -0.137. The maximum Gasteiger partial charge on any atom is 0.315 e. The van der Waals surface area contributed by atoms with E-state index in [1.165, 1.54) is 25.5 Å². The summed E-state index contributed by atoms with van der Waals surface area (Å²) in [4.78, 5) is 11.0. The monoisotopic (exact) mass is 256 g/mol. The number of carbonyl (C=O) groups is 1. The molecule has 0 saturated heterocycles. The van der Waals surface area contributed by atoms with Gasteiger partial charge in [-0.25, -0.2) is 0 Å². The molecule has 17 heavy (non-hydrogen) atoms. The summed E-state index contributed by atoms with van der Waals surface area (Å²) in [5.74, 6) is 3.59. The largest absolute Gasteiger partial charge is 0.468 e. The predicted octanol–water partition coefficient (Wildman–Crippen LogP) is 3.52. The number of rotatable bonds is 5. The Balaban J connectivity index is 2.37. The van der Waals surface area contributed by atoms with Crippen LogP contribution in [0.1, 0.15) is 33.6 Å². The number of ether oxygens (including phenoxy) is 1. The van der Waals surface area contributed by atoms with Crippen LogP contribution in [-0.4, -0.2) is 24.6 Å². The molecule has 98 valence electrons. The molecule has 0 aromatic rings. The van der Waals surface area contributed by atoms with Crippen LogP contribution in [0.4, 0.5) is 0 Å². The van der Waals surface area contributed by atoms with Crippen molar-refractivity contribution in [2.45, 2.75) is 33.6 Å². The van der Waals surface area contributed by atoms with Crippen molar-refractivity contribution in [2.24, 2.45) is 17.8 Å². The first-order valence-electron chi connectivity index (χ1n) is 6.38. The third-order valence-corrected chi connectivity index (χ3v) is 4.61. The van der Waals surface area contributed by atoms with E-state index in [0.29, 0.717) is 11.7 Å². The molecule has 1 rings (SSSR count). The Kier molecular flexibility index (Phi) is 6.10. The summed E-state index contributed by atoms with van der Waals surface area (Å²) < 4.78 is 4.64. The molecule has 0 fully saturated rings. The summed E-state index contributed by atoms with van der Waals surface area (Å²) in [6.07, 6.45) is 4.89. The lowest BCUT2D eigenvalue weighted by atomic mass is 9.77. The maximum absolute atomic E-state index is 11.0. The van der Waals surface area contributed by atoms with Crippen LogP contribution in [0.5, 0.6) is 0 Å². The van der Waals surface area contributed by atoms with Gasteiger partial charge in [0.1, 0.15) is 0 Å². The van der Waals surface area contributed by atoms with Gasteiger partial charge in [-0.1, -0.05) is 32.4 Å². The second-order valence-corrected chi connectivity index (χ2v) is 6.21. The molecule has 0 radical (unpaired) electrons. The molecule has 0 amide bonds. The van der Waals surface area contributed by atoms with Crippen molar-refractivity contribution in [3.05, 3.63) is 11.6 Å². The van der Waals surface area contributed by atoms with Crippen LogP contribution >= 0.6 is 11.8 Å². The molecule has 1 aliphatic carbocycles. The van der Waals surface area contributed by atoms with Crippen molar-refractivity contribution >= 4 is 17.7 Å². The van der Waals surface area contributed by atoms with E-state index in [4.69, 9.17) is 0 Å². The van der Waals surface area contributed by atoms with Gasteiger partial charge in [-0.2, -0.15) is 0 Å². The minimum Gasteiger partial charge on any atom is -0.468 e. The molecule has 0 aliphatic heterocycles. The molecular weight excluding hydrogens is 232 g/mol. The standard InChI is InChI=1S/C14H24O2S/c1-10(2)12-5-6-13(11(3)7-12)8-17-9-14(15)16-4/h6,10-12H,5,7-9H2,1-4H3/t11-,12+/m0/s1. The summed E-state index contributed by atoms with van der Waals surface area (Å²) >= 11 is 1.66. The molecule has 0 aromatic carbocycles. The van der Waals surface area contributed by atoms with Crippen molar-refractivity contribution in [1.29, 1.82) is 0 Å². The zero-order valence-corrected chi connectivity index (χ0v) is 12.2. The molecule has 0 spiro atoms. The highest BCUT2D eigenvalue weighted by Crippen LogP contribution is 2.34. The van der Waals surface area contributed by atoms with E-state index in [1.807, 2.05) is 0 Å². The third kappa shape index (κ3) is 4.74. The van der Waals surface area contributed by atoms with Gasteiger partial charge in [-0.15, -0.1) is 11.8 Å². The van der Waals surface area contributed by atoms with Crippen LogP contribution in [0, 0.1) is 17.8 Å². The summed E-state index contributed by atoms with van der Waals surface area (Å²) in [5.41, 5.74) is 1.51. The zero-order chi connectivity index (χ0) is 12.8. The van der Waals surface area contributed by atoms with Gasteiger partial charge in [0.2, 0.25) is 0 Å². The molecular formula is C14H24O2S. The normalized spacial score (nSPS) is 24.6. The first kappa shape index (κ1) is 14.6. The molecule has 1 aliphatic rings. The van der Waals surface area contributed by atoms with E-state index in [9.17, 15) is 4.79 Å². The van der Waals surface area contributed by atoms with E-state index >= 15 is 0 Å². The first-order valence-corrected chi connectivity index (χ1v) is 7.53. The Bertz CT molecular complexity index is 284. The van der Waals surface area contributed by atoms with Crippen LogP contribution in [0.25, 0.3) is 0 Å². The van der Waals surface area contributed by atoms with Gasteiger partial charge in [0.15, 0.2) is 0 Å². The first-order chi connectivity index (χ1) is 8.04. The molecule has 0 saturated carbocycles. The highest BCUT2D eigenvalue weighted by Gasteiger charge is 2.22. The molecule has 0 unspecified atom stereocenters. The van der Waals surface area contributed by atoms with Crippen LogP contribution in [0.3, 0.4) is 0 Å². The van der Waals surface area contributed by atoms with E-state index in [2.05, 4.69) is 31.6 Å². The van der Waals surface area contributed by atoms with Crippen molar-refractivity contribution in [2.75, 3.05) is 18.6 Å². The smallest absolute Gasteiger partial charge is 0.315 e. The van der Waals surface area contributed by atoms with Gasteiger partial charge in [0.25, 0.3) is 0 Å². The molecule has 0 aromatic heterocycles. The van der Waals surface area contributed by atoms with Crippen LogP contribution in [0.2, 0.25) is 0 Å². The summed E-state index contributed by atoms with van der Waals surface area (Å²) in [5, 5.41) is 0. The molecule has 2 atom stereocenters. The van der Waals surface area contributed by atoms with E-state index in [1.54, 1.807) is 11.8 Å². The highest BCUT2D eigenvalue weighted by molar-refractivity contribution is 8.00. The van der Waals surface area contributed by atoms with Crippen molar-refractivity contribution in [3.63, 3.8) is 0 Å². The minimum absolute atomic E-state index is 0.126. The Labute approximate surface area is 109 Å². The van der Waals surface area contributed by atoms with Gasteiger partial charge < -0.3 is 4.74 Å². The topological polar surface area (TPSA) is 26.3 Å². The van der Waals surface area contributed by atoms with Gasteiger partial charge in [-0.05, 0) is 30.6 Å². The number of esters is 1. The zero-order valence-electron chi connectivity index (χ0n) is 11.4. The van der Waals surface area contributed by atoms with Gasteiger partial charge >= 0.3 is 5.97 Å². The van der Waals surface area contributed by atoms with Gasteiger partial charge in [0.05, 0.1) is 12.9 Å². The lowest BCUT2D eigenvalue weighted by Crippen LogP contribution is -2.19. The van der Waals surface area contributed by atoms with Crippen LogP contribution in [-0.2, 0) is 9.53 Å². The lowest BCUT2D eigenvalue weighted by Gasteiger charge is -2.30. The van der Waals surface area contributed by atoms with Crippen LogP contribution in [0.15, 0.2) is 11.6 Å². The maximum atomic E-state index is 11.0. The third-order valence-electron chi connectivity index (χ3n) is 3.63. The molecule has 0 heterocycles. The molecule has 2 nitrogen and oxygen atoms in total. The van der Waals surface area contributed by atoms with E-state index in [0.717, 1.165) is 17.6 Å². The molecule has 0 bridgehead atoms. The van der Waals surface area contributed by atoms with Gasteiger partial charge in [-0.3, -0.25) is 4.79 Å². The minimum atomic E-state index is -0.126.